The molecule has 0 aliphatic heterocycles. The zero-order valence-corrected chi connectivity index (χ0v) is 18.7. The van der Waals surface area contributed by atoms with Crippen molar-refractivity contribution >= 4 is 44.8 Å². The molecule has 10 heteroatoms. The van der Waals surface area contributed by atoms with E-state index in [9.17, 15) is 18.0 Å². The number of nitrogens with one attached hydrogen (secondary N) is 2. The van der Waals surface area contributed by atoms with Gasteiger partial charge >= 0.3 is 0 Å². The molecule has 2 N–H and O–H groups in total. The van der Waals surface area contributed by atoms with Crippen LogP contribution in [0.3, 0.4) is 0 Å². The largest absolute Gasteiger partial charge is 0.348 e. The number of carbonyl (C=O) groups is 2. The second-order valence-corrected chi connectivity index (χ2v) is 9.23. The van der Waals surface area contributed by atoms with E-state index in [-0.39, 0.29) is 29.4 Å². The molecule has 0 bridgehead atoms. The van der Waals surface area contributed by atoms with Gasteiger partial charge in [0.25, 0.3) is 5.91 Å². The molecule has 8 nitrogen and oxygen atoms in total. The summed E-state index contributed by atoms with van der Waals surface area (Å²) >= 11 is 5.96. The maximum absolute atomic E-state index is 12.7. The molecule has 0 fully saturated rings. The van der Waals surface area contributed by atoms with E-state index >= 15 is 0 Å². The number of anilines is 2. The van der Waals surface area contributed by atoms with Crippen LogP contribution in [0, 0.1) is 0 Å². The van der Waals surface area contributed by atoms with Crippen molar-refractivity contribution in [2.24, 2.45) is 0 Å². The van der Waals surface area contributed by atoms with Gasteiger partial charge in [0.15, 0.2) is 0 Å². The number of hydrogen-bond donors (Lipinski definition) is 2. The third kappa shape index (κ3) is 6.29. The molecule has 0 saturated carbocycles. The predicted octanol–water partition coefficient (Wildman–Crippen LogP) is 3.07. The van der Waals surface area contributed by atoms with Gasteiger partial charge in [-0.3, -0.25) is 18.9 Å². The fourth-order valence-corrected chi connectivity index (χ4v) is 3.95. The molecular weight excluding hydrogens is 452 g/mol. The summed E-state index contributed by atoms with van der Waals surface area (Å²) in [7, 11) is -3.76. The Morgan fingerprint density at radius 3 is 2.53 bits per heavy atom. The van der Waals surface area contributed by atoms with E-state index in [2.05, 4.69) is 15.6 Å². The van der Waals surface area contributed by atoms with E-state index in [1.54, 1.807) is 60.9 Å². The van der Waals surface area contributed by atoms with Gasteiger partial charge in [-0.15, -0.1) is 0 Å². The molecular formula is C22H21ClN4O4S. The standard InChI is InChI=1S/C22H21ClN4O4S/c1-32(30,31)27(18-8-4-7-17(23)12-18)15-21(28)26-20-10-3-2-9-19(20)22(29)25-14-16-6-5-11-24-13-16/h2-13H,14-15H2,1H3,(H,25,29)(H,26,28). The quantitative estimate of drug-likeness (QED) is 0.523. The molecule has 0 unspecified atom stereocenters. The molecule has 32 heavy (non-hydrogen) atoms. The van der Waals surface area contributed by atoms with Crippen molar-refractivity contribution in [1.29, 1.82) is 0 Å². The fraction of sp³-hybridized carbons (Fsp3) is 0.136. The molecule has 0 aliphatic carbocycles. The number of aromatic nitrogens is 1. The summed E-state index contributed by atoms with van der Waals surface area (Å²) in [6, 6.07) is 16.3. The number of amides is 2. The third-order valence-electron chi connectivity index (χ3n) is 4.41. The van der Waals surface area contributed by atoms with Gasteiger partial charge in [0.05, 0.1) is 23.2 Å². The van der Waals surface area contributed by atoms with Gasteiger partial charge in [0.2, 0.25) is 15.9 Å². The third-order valence-corrected chi connectivity index (χ3v) is 5.78. The van der Waals surface area contributed by atoms with Crippen LogP contribution in [0.1, 0.15) is 15.9 Å². The van der Waals surface area contributed by atoms with Crippen LogP contribution in [0.2, 0.25) is 5.02 Å². The van der Waals surface area contributed by atoms with E-state index in [0.717, 1.165) is 16.1 Å². The van der Waals surface area contributed by atoms with Crippen LogP contribution >= 0.6 is 11.6 Å². The van der Waals surface area contributed by atoms with Gasteiger partial charge in [0, 0.05) is 24.0 Å². The Bertz CT molecular complexity index is 1220. The van der Waals surface area contributed by atoms with Crippen molar-refractivity contribution in [3.63, 3.8) is 0 Å². The summed E-state index contributed by atoms with van der Waals surface area (Å²) in [4.78, 5) is 29.3. The maximum Gasteiger partial charge on any atom is 0.253 e. The average Bonchev–Trinajstić information content (AvgIpc) is 2.76. The topological polar surface area (TPSA) is 108 Å². The second kappa shape index (κ2) is 10.3. The number of nitrogens with zero attached hydrogens (tertiary/aromatic N) is 2. The lowest BCUT2D eigenvalue weighted by molar-refractivity contribution is -0.114. The first-order chi connectivity index (χ1) is 15.2. The molecule has 0 saturated heterocycles. The Balaban J connectivity index is 1.74. The Labute approximate surface area is 191 Å². The Hall–Kier alpha value is -3.43. The molecule has 0 radical (unpaired) electrons. The molecule has 1 aromatic heterocycles. The number of hydrogen-bond acceptors (Lipinski definition) is 5. The number of halogens is 1. The van der Waals surface area contributed by atoms with Gasteiger partial charge in [0.1, 0.15) is 6.54 Å². The Kier molecular flexibility index (Phi) is 7.45. The van der Waals surface area contributed by atoms with Crippen LogP contribution in [0.15, 0.2) is 73.1 Å². The minimum absolute atomic E-state index is 0.249. The summed E-state index contributed by atoms with van der Waals surface area (Å²) in [6.07, 6.45) is 4.28. The van der Waals surface area contributed by atoms with E-state index in [1.165, 1.54) is 6.07 Å². The zero-order chi connectivity index (χ0) is 23.1. The first-order valence-electron chi connectivity index (χ1n) is 9.53. The number of rotatable bonds is 8. The maximum atomic E-state index is 12.7. The normalized spacial score (nSPS) is 10.9. The van der Waals surface area contributed by atoms with Crippen LogP contribution in [0.4, 0.5) is 11.4 Å². The van der Waals surface area contributed by atoms with Crippen LogP contribution in [0.25, 0.3) is 0 Å². The van der Waals surface area contributed by atoms with Crippen molar-refractivity contribution in [3.05, 3.63) is 89.2 Å². The van der Waals surface area contributed by atoms with Crippen LogP contribution < -0.4 is 14.9 Å². The molecule has 3 aromatic rings. The SMILES string of the molecule is CS(=O)(=O)N(CC(=O)Nc1ccccc1C(=O)NCc1cccnc1)c1cccc(Cl)c1. The Morgan fingerprint density at radius 2 is 1.84 bits per heavy atom. The molecule has 2 aromatic carbocycles. The van der Waals surface area contributed by atoms with Gasteiger partial charge in [-0.05, 0) is 42.0 Å². The molecule has 166 valence electrons. The lowest BCUT2D eigenvalue weighted by Crippen LogP contribution is -2.37. The number of para-hydroxylation sites is 1. The number of sulfonamides is 1. The van der Waals surface area contributed by atoms with Gasteiger partial charge in [-0.1, -0.05) is 35.9 Å². The average molecular weight is 473 g/mol. The van der Waals surface area contributed by atoms with Crippen LogP contribution in [-0.2, 0) is 21.4 Å². The first-order valence-corrected chi connectivity index (χ1v) is 11.8. The lowest BCUT2D eigenvalue weighted by Gasteiger charge is -2.22. The Morgan fingerprint density at radius 1 is 1.06 bits per heavy atom. The van der Waals surface area contributed by atoms with E-state index in [0.29, 0.717) is 5.02 Å². The highest BCUT2D eigenvalue weighted by atomic mass is 35.5. The molecule has 0 aliphatic rings. The highest BCUT2D eigenvalue weighted by Gasteiger charge is 2.22. The van der Waals surface area contributed by atoms with Gasteiger partial charge in [-0.2, -0.15) is 0 Å². The van der Waals surface area contributed by atoms with E-state index in [4.69, 9.17) is 11.6 Å². The molecule has 0 atom stereocenters. The summed E-state index contributed by atoms with van der Waals surface area (Å²) in [5.41, 5.74) is 1.60. The molecule has 3 rings (SSSR count). The molecule has 0 spiro atoms. The van der Waals surface area contributed by atoms with Crippen molar-refractivity contribution < 1.29 is 18.0 Å². The summed E-state index contributed by atoms with van der Waals surface area (Å²) in [5.74, 6) is -0.998. The van der Waals surface area contributed by atoms with E-state index < -0.39 is 22.5 Å². The van der Waals surface area contributed by atoms with Gasteiger partial charge < -0.3 is 10.6 Å². The van der Waals surface area contributed by atoms with E-state index in [1.807, 2.05) is 6.07 Å². The number of carbonyl (C=O) groups excluding carboxylic acids is 2. The first kappa shape index (κ1) is 23.2. The smallest absolute Gasteiger partial charge is 0.253 e. The van der Waals surface area contributed by atoms with Crippen LogP contribution in [-0.4, -0.2) is 38.0 Å². The predicted molar refractivity (Wildman–Crippen MR) is 124 cm³/mol. The van der Waals surface area contributed by atoms with Gasteiger partial charge in [-0.25, -0.2) is 8.42 Å². The number of benzene rings is 2. The van der Waals surface area contributed by atoms with Crippen molar-refractivity contribution in [3.8, 4) is 0 Å². The monoisotopic (exact) mass is 472 g/mol. The van der Waals surface area contributed by atoms with Crippen molar-refractivity contribution in [1.82, 2.24) is 10.3 Å². The molecule has 2 amide bonds. The summed E-state index contributed by atoms with van der Waals surface area (Å²) < 4.78 is 25.5. The molecule has 1 heterocycles. The minimum atomic E-state index is -3.76. The highest BCUT2D eigenvalue weighted by molar-refractivity contribution is 7.92. The minimum Gasteiger partial charge on any atom is -0.348 e. The summed E-state index contributed by atoms with van der Waals surface area (Å²) in [5, 5.41) is 5.74. The number of pyridine rings is 1. The van der Waals surface area contributed by atoms with Crippen molar-refractivity contribution in [2.75, 3.05) is 22.4 Å². The van der Waals surface area contributed by atoms with Crippen molar-refractivity contribution in [2.45, 2.75) is 6.54 Å². The zero-order valence-electron chi connectivity index (χ0n) is 17.2. The summed E-state index contributed by atoms with van der Waals surface area (Å²) in [6.45, 7) is -0.212. The fourth-order valence-electron chi connectivity index (χ4n) is 2.92. The lowest BCUT2D eigenvalue weighted by atomic mass is 10.1. The second-order valence-electron chi connectivity index (χ2n) is 6.89. The van der Waals surface area contributed by atoms with Crippen LogP contribution in [0.5, 0.6) is 0 Å². The highest BCUT2D eigenvalue weighted by Crippen LogP contribution is 2.22.